The molecule has 2 atom stereocenters. The molecule has 0 rings (SSSR count). The maximum atomic E-state index is 10.7. The lowest BCUT2D eigenvalue weighted by Crippen LogP contribution is -2.50. The normalized spacial score (nSPS) is 15.8. The standard InChI is InChI=1S/C8H14O4.C6H16NO/c1-4-8(5(2)3,6(9)10)7(11)12;1-6(8)5-7(2,3)4/h5H,4H2,1-3H3,(H,9,10)(H,11,12);6,8H,5H2,1-4H3/q;+1/p-1. The number of aliphatic carboxylic acids is 2. The smallest absolute Gasteiger partial charge is 0.315 e. The summed E-state index contributed by atoms with van der Waals surface area (Å²) in [6, 6.07) is 0. The topological polar surface area (TPSA) is 97.7 Å². The lowest BCUT2D eigenvalue weighted by atomic mass is 9.75. The molecule has 2 N–H and O–H groups in total. The van der Waals surface area contributed by atoms with Gasteiger partial charge in [0.2, 0.25) is 0 Å². The molecular weight excluding hydrogens is 262 g/mol. The minimum absolute atomic E-state index is 0.0440. The van der Waals surface area contributed by atoms with Crippen molar-refractivity contribution in [3.05, 3.63) is 0 Å². The highest BCUT2D eigenvalue weighted by Crippen LogP contribution is 2.31. The van der Waals surface area contributed by atoms with Crippen molar-refractivity contribution in [2.75, 3.05) is 27.7 Å². The van der Waals surface area contributed by atoms with Crippen molar-refractivity contribution in [3.8, 4) is 0 Å². The number of nitrogens with zero attached hydrogens (tertiary/aromatic N) is 1. The number of rotatable bonds is 6. The highest BCUT2D eigenvalue weighted by molar-refractivity contribution is 5.97. The zero-order chi connectivity index (χ0) is 16.7. The lowest BCUT2D eigenvalue weighted by molar-refractivity contribution is -0.873. The van der Waals surface area contributed by atoms with Crippen LogP contribution in [0.2, 0.25) is 0 Å². The van der Waals surface area contributed by atoms with Crippen LogP contribution < -0.4 is 5.11 Å². The molecule has 0 bridgehead atoms. The average Bonchev–Trinajstić information content (AvgIpc) is 2.13. The fourth-order valence-corrected chi connectivity index (χ4v) is 2.07. The molecule has 0 spiro atoms. The second-order valence-electron chi connectivity index (χ2n) is 6.39. The zero-order valence-electron chi connectivity index (χ0n) is 13.6. The molecule has 0 fully saturated rings. The first-order chi connectivity index (χ1) is 8.81. The van der Waals surface area contributed by atoms with E-state index in [1.807, 2.05) is 6.92 Å². The van der Waals surface area contributed by atoms with Crippen molar-refractivity contribution in [2.24, 2.45) is 11.3 Å². The predicted molar refractivity (Wildman–Crippen MR) is 74.8 cm³/mol. The van der Waals surface area contributed by atoms with Crippen LogP contribution in [0.1, 0.15) is 34.1 Å². The summed E-state index contributed by atoms with van der Waals surface area (Å²) in [5, 5.41) is 28.3. The summed E-state index contributed by atoms with van der Waals surface area (Å²) in [7, 11) is 6.19. The zero-order valence-corrected chi connectivity index (χ0v) is 13.6. The summed E-state index contributed by atoms with van der Waals surface area (Å²) in [5.41, 5.74) is -1.74. The Hall–Kier alpha value is -1.14. The molecule has 0 aromatic carbocycles. The third-order valence-electron chi connectivity index (χ3n) is 3.10. The van der Waals surface area contributed by atoms with E-state index >= 15 is 0 Å². The molecule has 0 aromatic heterocycles. The van der Waals surface area contributed by atoms with E-state index in [0.717, 1.165) is 11.0 Å². The molecule has 0 saturated carbocycles. The van der Waals surface area contributed by atoms with Gasteiger partial charge in [0, 0.05) is 0 Å². The van der Waals surface area contributed by atoms with Crippen LogP contribution in [0.15, 0.2) is 0 Å². The number of quaternary nitrogens is 1. The van der Waals surface area contributed by atoms with Crippen LogP contribution in [0.4, 0.5) is 0 Å². The maximum absolute atomic E-state index is 10.7. The molecule has 0 saturated heterocycles. The molecule has 6 nitrogen and oxygen atoms in total. The monoisotopic (exact) mass is 291 g/mol. The van der Waals surface area contributed by atoms with Crippen LogP contribution in [0.3, 0.4) is 0 Å². The van der Waals surface area contributed by atoms with E-state index in [9.17, 15) is 14.7 Å². The van der Waals surface area contributed by atoms with Crippen molar-refractivity contribution in [1.82, 2.24) is 0 Å². The molecule has 0 aliphatic heterocycles. The van der Waals surface area contributed by atoms with Crippen LogP contribution in [0.5, 0.6) is 0 Å². The van der Waals surface area contributed by atoms with Gasteiger partial charge in [-0.1, -0.05) is 20.8 Å². The molecule has 0 aromatic rings. The summed E-state index contributed by atoms with van der Waals surface area (Å²) in [5.74, 6) is -3.29. The van der Waals surface area contributed by atoms with Gasteiger partial charge in [0.15, 0.2) is 0 Å². The number of carbonyl (C=O) groups excluding carboxylic acids is 1. The lowest BCUT2D eigenvalue weighted by Gasteiger charge is -2.32. The van der Waals surface area contributed by atoms with Gasteiger partial charge in [-0.25, -0.2) is 0 Å². The Bertz CT molecular complexity index is 304. The van der Waals surface area contributed by atoms with E-state index in [1.165, 1.54) is 6.92 Å². The molecule has 120 valence electrons. The van der Waals surface area contributed by atoms with Crippen LogP contribution >= 0.6 is 0 Å². The molecule has 2 unspecified atom stereocenters. The van der Waals surface area contributed by atoms with Gasteiger partial charge in [0.1, 0.15) is 18.1 Å². The minimum atomic E-state index is -1.74. The van der Waals surface area contributed by atoms with Crippen LogP contribution in [0.25, 0.3) is 0 Å². The third kappa shape index (κ3) is 6.86. The number of hydrogen-bond donors (Lipinski definition) is 2. The predicted octanol–water partition coefficient (Wildman–Crippen LogP) is -0.0533. The number of carbonyl (C=O) groups is 2. The van der Waals surface area contributed by atoms with Crippen LogP contribution in [-0.2, 0) is 9.59 Å². The van der Waals surface area contributed by atoms with Gasteiger partial charge in [-0.2, -0.15) is 0 Å². The number of aliphatic hydroxyl groups excluding tert-OH is 1. The van der Waals surface area contributed by atoms with Crippen LogP contribution in [0, 0.1) is 11.3 Å². The summed E-state index contributed by atoms with van der Waals surface area (Å²) >= 11 is 0. The van der Waals surface area contributed by atoms with Gasteiger partial charge >= 0.3 is 5.97 Å². The Morgan fingerprint density at radius 3 is 1.60 bits per heavy atom. The highest BCUT2D eigenvalue weighted by Gasteiger charge is 2.41. The first-order valence-electron chi connectivity index (χ1n) is 6.74. The van der Waals surface area contributed by atoms with E-state index < -0.39 is 23.3 Å². The molecule has 0 aliphatic carbocycles. The molecule has 0 amide bonds. The van der Waals surface area contributed by atoms with Crippen molar-refractivity contribution in [1.29, 1.82) is 0 Å². The SMILES string of the molecule is CC(O)C[N+](C)(C)C.CCC(C(=O)[O-])(C(=O)O)C(C)C. The average molecular weight is 291 g/mol. The van der Waals surface area contributed by atoms with Gasteiger partial charge in [-0.05, 0) is 19.3 Å². The van der Waals surface area contributed by atoms with Gasteiger partial charge in [-0.3, -0.25) is 4.79 Å². The number of carboxylic acids is 2. The van der Waals surface area contributed by atoms with Gasteiger partial charge in [0.05, 0.1) is 27.1 Å². The van der Waals surface area contributed by atoms with Gasteiger partial charge in [0.25, 0.3) is 0 Å². The molecule has 0 aliphatic rings. The highest BCUT2D eigenvalue weighted by atomic mass is 16.4. The minimum Gasteiger partial charge on any atom is -0.549 e. The maximum Gasteiger partial charge on any atom is 0.315 e. The van der Waals surface area contributed by atoms with E-state index in [2.05, 4.69) is 21.1 Å². The van der Waals surface area contributed by atoms with E-state index in [-0.39, 0.29) is 12.5 Å². The molecule has 6 heteroatoms. The third-order valence-corrected chi connectivity index (χ3v) is 3.10. The van der Waals surface area contributed by atoms with E-state index in [1.54, 1.807) is 13.8 Å². The molecule has 0 heterocycles. The quantitative estimate of drug-likeness (QED) is 0.528. The Kier molecular flexibility index (Phi) is 8.69. The Balaban J connectivity index is 0. The first kappa shape index (κ1) is 21.2. The van der Waals surface area contributed by atoms with Crippen LogP contribution in [-0.4, -0.2) is 60.4 Å². The van der Waals surface area contributed by atoms with Crippen molar-refractivity contribution >= 4 is 11.9 Å². The number of likely N-dealkylation sites (N-methyl/N-ethyl adjacent to an activating group) is 1. The summed E-state index contributed by atoms with van der Waals surface area (Å²) in [4.78, 5) is 21.4. The second kappa shape index (κ2) is 8.21. The Morgan fingerprint density at radius 1 is 1.20 bits per heavy atom. The first-order valence-corrected chi connectivity index (χ1v) is 6.74. The molecule has 20 heavy (non-hydrogen) atoms. The summed E-state index contributed by atoms with van der Waals surface area (Å²) in [6.07, 6.45) is -0.141. The summed E-state index contributed by atoms with van der Waals surface area (Å²) in [6.45, 7) is 7.29. The van der Waals surface area contributed by atoms with E-state index in [0.29, 0.717) is 0 Å². The van der Waals surface area contributed by atoms with Gasteiger partial charge < -0.3 is 24.6 Å². The van der Waals surface area contributed by atoms with Crippen molar-refractivity contribution in [2.45, 2.75) is 40.2 Å². The number of aliphatic hydroxyl groups is 1. The second-order valence-corrected chi connectivity index (χ2v) is 6.39. The fourth-order valence-electron chi connectivity index (χ4n) is 2.07. The Morgan fingerprint density at radius 2 is 1.60 bits per heavy atom. The fraction of sp³-hybridized carbons (Fsp3) is 0.857. The molecular formula is C14H29NO5. The van der Waals surface area contributed by atoms with Crippen molar-refractivity contribution in [3.63, 3.8) is 0 Å². The Labute approximate surface area is 121 Å². The van der Waals surface area contributed by atoms with Crippen molar-refractivity contribution < 1.29 is 29.4 Å². The summed E-state index contributed by atoms with van der Waals surface area (Å²) < 4.78 is 0.831. The van der Waals surface area contributed by atoms with E-state index in [4.69, 9.17) is 10.2 Å². The number of hydrogen-bond acceptors (Lipinski definition) is 4. The largest absolute Gasteiger partial charge is 0.549 e. The number of carboxylic acid groups (broad SMARTS) is 2. The molecule has 0 radical (unpaired) electrons. The van der Waals surface area contributed by atoms with Gasteiger partial charge in [-0.15, -0.1) is 0 Å².